The van der Waals surface area contributed by atoms with Crippen LogP contribution in [0.3, 0.4) is 0 Å². The highest BCUT2D eigenvalue weighted by molar-refractivity contribution is 7.29. The molecule has 9 aromatic carbocycles. The summed E-state index contributed by atoms with van der Waals surface area (Å²) in [5, 5.41) is 7.58. The molecule has 0 saturated heterocycles. The number of thiophene rings is 2. The van der Waals surface area contributed by atoms with E-state index in [2.05, 4.69) is 199 Å². The number of furan rings is 1. The molecule has 12 aromatic rings. The molecule has 0 aliphatic carbocycles. The van der Waals surface area contributed by atoms with Crippen LogP contribution in [-0.4, -0.2) is 0 Å². The van der Waals surface area contributed by atoms with E-state index in [4.69, 9.17) is 4.42 Å². The van der Waals surface area contributed by atoms with Gasteiger partial charge in [-0.2, -0.15) is 0 Å². The van der Waals surface area contributed by atoms with Gasteiger partial charge in [0, 0.05) is 57.1 Å². The number of fused-ring (bicyclic) bond motifs is 10. The molecule has 0 fully saturated rings. The van der Waals surface area contributed by atoms with Crippen LogP contribution in [0.1, 0.15) is 0 Å². The van der Waals surface area contributed by atoms with Crippen LogP contribution in [0.4, 0.5) is 17.1 Å². The molecular formula is C54H33NOS2. The van der Waals surface area contributed by atoms with E-state index in [1.807, 2.05) is 28.7 Å². The number of para-hydroxylation sites is 1. The van der Waals surface area contributed by atoms with Gasteiger partial charge in [-0.3, -0.25) is 0 Å². The van der Waals surface area contributed by atoms with E-state index in [0.29, 0.717) is 0 Å². The Hall–Kier alpha value is -6.98. The SMILES string of the molecule is c1ccc(-c2cccc(-c3ccc(N(c4ccc(-c5cccc6sc7ccc8c9ccccc9sc8c7c56)cc4)c4cccc5oc6ccccc6c45)cc3)c2)cc1. The molecule has 12 rings (SSSR count). The standard InChI is InChI=1S/C54H33NOS2/c1-2-11-34(12-3-1)37-13-8-14-38(33-37)35-23-27-39(28-24-35)55(45-18-10-20-47-51(45)44-16-4-6-19-46(44)56-47)40-29-25-36(26-30-40)41-17-9-22-49-52(41)53-50(57-49)32-31-43-42-15-5-7-21-48(42)58-54(43)53/h1-33H. The zero-order valence-corrected chi connectivity index (χ0v) is 32.9. The molecule has 0 unspecified atom stereocenters. The van der Waals surface area contributed by atoms with Crippen molar-refractivity contribution in [2.75, 3.05) is 4.90 Å². The molecule has 4 heteroatoms. The van der Waals surface area contributed by atoms with Crippen LogP contribution in [-0.2, 0) is 0 Å². The van der Waals surface area contributed by atoms with Crippen molar-refractivity contribution in [2.24, 2.45) is 0 Å². The minimum atomic E-state index is 0.873. The van der Waals surface area contributed by atoms with Crippen LogP contribution in [0.15, 0.2) is 205 Å². The van der Waals surface area contributed by atoms with E-state index in [0.717, 1.165) is 39.0 Å². The van der Waals surface area contributed by atoms with Gasteiger partial charge in [0.2, 0.25) is 0 Å². The summed E-state index contributed by atoms with van der Waals surface area (Å²) >= 11 is 3.80. The number of rotatable bonds is 6. The highest BCUT2D eigenvalue weighted by Gasteiger charge is 2.21. The summed E-state index contributed by atoms with van der Waals surface area (Å²) in [6.45, 7) is 0. The lowest BCUT2D eigenvalue weighted by Gasteiger charge is -2.26. The summed E-state index contributed by atoms with van der Waals surface area (Å²) in [7, 11) is 0. The van der Waals surface area contributed by atoms with Gasteiger partial charge in [-0.05, 0) is 100 Å². The molecule has 0 spiro atoms. The number of hydrogen-bond acceptors (Lipinski definition) is 4. The maximum absolute atomic E-state index is 6.41. The summed E-state index contributed by atoms with van der Waals surface area (Å²) in [6.07, 6.45) is 0. The van der Waals surface area contributed by atoms with Crippen molar-refractivity contribution in [2.45, 2.75) is 0 Å². The molecule has 0 radical (unpaired) electrons. The molecular weight excluding hydrogens is 743 g/mol. The monoisotopic (exact) mass is 775 g/mol. The Balaban J connectivity index is 1.00. The molecule has 0 saturated carbocycles. The van der Waals surface area contributed by atoms with Crippen molar-refractivity contribution in [3.05, 3.63) is 200 Å². The molecule has 3 aromatic heterocycles. The van der Waals surface area contributed by atoms with Gasteiger partial charge in [-0.15, -0.1) is 22.7 Å². The van der Waals surface area contributed by atoms with Gasteiger partial charge in [0.25, 0.3) is 0 Å². The second-order valence-electron chi connectivity index (χ2n) is 14.8. The second-order valence-corrected chi connectivity index (χ2v) is 17.0. The third kappa shape index (κ3) is 5.30. The molecule has 0 amide bonds. The molecule has 0 atom stereocenters. The first-order chi connectivity index (χ1) is 28.7. The smallest absolute Gasteiger partial charge is 0.137 e. The zero-order valence-electron chi connectivity index (χ0n) is 31.2. The molecule has 58 heavy (non-hydrogen) atoms. The van der Waals surface area contributed by atoms with Crippen LogP contribution in [0.5, 0.6) is 0 Å². The Morgan fingerprint density at radius 3 is 1.76 bits per heavy atom. The average molecular weight is 776 g/mol. The molecule has 0 aliphatic heterocycles. The lowest BCUT2D eigenvalue weighted by atomic mass is 9.98. The van der Waals surface area contributed by atoms with Crippen molar-refractivity contribution < 1.29 is 4.42 Å². The van der Waals surface area contributed by atoms with Gasteiger partial charge in [0.05, 0.1) is 11.1 Å². The highest BCUT2D eigenvalue weighted by atomic mass is 32.1. The molecule has 3 heterocycles. The van der Waals surface area contributed by atoms with E-state index in [-0.39, 0.29) is 0 Å². The minimum Gasteiger partial charge on any atom is -0.456 e. The van der Waals surface area contributed by atoms with Crippen molar-refractivity contribution in [1.82, 2.24) is 0 Å². The minimum absolute atomic E-state index is 0.873. The van der Waals surface area contributed by atoms with Crippen LogP contribution in [0.25, 0.3) is 95.7 Å². The first kappa shape index (κ1) is 33.2. The summed E-state index contributed by atoms with van der Waals surface area (Å²) in [6, 6.07) is 72.4. The number of benzene rings is 9. The fourth-order valence-corrected chi connectivity index (χ4v) is 11.3. The molecule has 0 aliphatic rings. The summed E-state index contributed by atoms with van der Waals surface area (Å²) in [5.74, 6) is 0. The van der Waals surface area contributed by atoms with Crippen molar-refractivity contribution in [3.8, 4) is 33.4 Å². The quantitative estimate of drug-likeness (QED) is 0.167. The fourth-order valence-electron chi connectivity index (χ4n) is 8.80. The van der Waals surface area contributed by atoms with Crippen molar-refractivity contribution >= 4 is 102 Å². The van der Waals surface area contributed by atoms with E-state index in [1.54, 1.807) is 0 Å². The second kappa shape index (κ2) is 13.3. The largest absolute Gasteiger partial charge is 0.456 e. The predicted octanol–water partition coefficient (Wildman–Crippen LogP) is 16.8. The lowest BCUT2D eigenvalue weighted by molar-refractivity contribution is 0.669. The Morgan fingerprint density at radius 2 is 0.948 bits per heavy atom. The Bertz CT molecular complexity index is 3500. The van der Waals surface area contributed by atoms with Crippen LogP contribution < -0.4 is 4.90 Å². The predicted molar refractivity (Wildman–Crippen MR) is 250 cm³/mol. The van der Waals surface area contributed by atoms with E-state index < -0.39 is 0 Å². The third-order valence-electron chi connectivity index (χ3n) is 11.5. The molecule has 0 N–H and O–H groups in total. The van der Waals surface area contributed by atoms with Crippen LogP contribution >= 0.6 is 22.7 Å². The highest BCUT2D eigenvalue weighted by Crippen LogP contribution is 2.48. The van der Waals surface area contributed by atoms with Gasteiger partial charge < -0.3 is 9.32 Å². The third-order valence-corrected chi connectivity index (χ3v) is 13.8. The van der Waals surface area contributed by atoms with Gasteiger partial charge in [-0.25, -0.2) is 0 Å². The Kier molecular flexibility index (Phi) is 7.62. The summed E-state index contributed by atoms with van der Waals surface area (Å²) in [4.78, 5) is 2.37. The Morgan fingerprint density at radius 1 is 0.345 bits per heavy atom. The summed E-state index contributed by atoms with van der Waals surface area (Å²) < 4.78 is 11.8. The fraction of sp³-hybridized carbons (Fsp3) is 0. The first-order valence-electron chi connectivity index (χ1n) is 19.6. The van der Waals surface area contributed by atoms with E-state index in [1.165, 1.54) is 73.7 Å². The maximum atomic E-state index is 6.41. The molecule has 2 nitrogen and oxygen atoms in total. The van der Waals surface area contributed by atoms with Crippen molar-refractivity contribution in [3.63, 3.8) is 0 Å². The summed E-state index contributed by atoms with van der Waals surface area (Å²) in [5.41, 5.74) is 12.2. The van der Waals surface area contributed by atoms with E-state index in [9.17, 15) is 0 Å². The molecule has 0 bridgehead atoms. The van der Waals surface area contributed by atoms with Crippen molar-refractivity contribution in [1.29, 1.82) is 0 Å². The zero-order chi connectivity index (χ0) is 38.2. The number of hydrogen-bond donors (Lipinski definition) is 0. The number of anilines is 3. The van der Waals surface area contributed by atoms with Gasteiger partial charge in [0.15, 0.2) is 0 Å². The first-order valence-corrected chi connectivity index (χ1v) is 21.2. The van der Waals surface area contributed by atoms with Gasteiger partial charge in [0.1, 0.15) is 11.2 Å². The topological polar surface area (TPSA) is 16.4 Å². The average Bonchev–Trinajstić information content (AvgIpc) is 3.99. The maximum Gasteiger partial charge on any atom is 0.137 e. The Labute approximate surface area is 343 Å². The van der Waals surface area contributed by atoms with Gasteiger partial charge in [-0.1, -0.05) is 133 Å². The normalized spacial score (nSPS) is 11.8. The van der Waals surface area contributed by atoms with Gasteiger partial charge >= 0.3 is 0 Å². The van der Waals surface area contributed by atoms with Crippen LogP contribution in [0, 0.1) is 0 Å². The molecule has 272 valence electrons. The number of nitrogens with zero attached hydrogens (tertiary/aromatic N) is 1. The van der Waals surface area contributed by atoms with Crippen LogP contribution in [0.2, 0.25) is 0 Å². The lowest BCUT2D eigenvalue weighted by Crippen LogP contribution is -2.10. The van der Waals surface area contributed by atoms with E-state index >= 15 is 0 Å².